The number of sulfone groups is 1. The number of guanidine groups is 1. The minimum atomic E-state index is -3.12. The zero-order valence-corrected chi connectivity index (χ0v) is 16.9. The molecule has 7 nitrogen and oxygen atoms in total. The lowest BCUT2D eigenvalue weighted by molar-refractivity contribution is 0.372. The van der Waals surface area contributed by atoms with Crippen molar-refractivity contribution in [2.75, 3.05) is 19.3 Å². The van der Waals surface area contributed by atoms with E-state index >= 15 is 0 Å². The molecule has 0 unspecified atom stereocenters. The zero-order valence-electron chi connectivity index (χ0n) is 16.1. The number of aromatic nitrogens is 1. The molecule has 1 aromatic carbocycles. The Morgan fingerprint density at radius 2 is 1.96 bits per heavy atom. The molecule has 0 atom stereocenters. The molecule has 0 fully saturated rings. The zero-order chi connectivity index (χ0) is 19.7. The average Bonchev–Trinajstić information content (AvgIpc) is 3.11. The van der Waals surface area contributed by atoms with Crippen LogP contribution in [0.25, 0.3) is 0 Å². The van der Waals surface area contributed by atoms with Gasteiger partial charge in [-0.25, -0.2) is 8.42 Å². The predicted octanol–water partition coefficient (Wildman–Crippen LogP) is 2.47. The van der Waals surface area contributed by atoms with Gasteiger partial charge in [0.05, 0.1) is 23.7 Å². The van der Waals surface area contributed by atoms with E-state index in [0.29, 0.717) is 31.4 Å². The standard InChI is InChI=1S/C19H28N4O3S/c1-15(2)18-12-17(26-23-18)13-22-19(20-3)21-10-7-11-27(24,25)14-16-8-5-4-6-9-16/h4-6,8-9,12,15H,7,10-11,13-14H2,1-3H3,(H2,20,21,22). The number of hydrogen-bond acceptors (Lipinski definition) is 5. The molecule has 0 saturated heterocycles. The van der Waals surface area contributed by atoms with Crippen molar-refractivity contribution in [2.24, 2.45) is 4.99 Å². The van der Waals surface area contributed by atoms with Gasteiger partial charge in [0, 0.05) is 19.7 Å². The molecule has 27 heavy (non-hydrogen) atoms. The predicted molar refractivity (Wildman–Crippen MR) is 107 cm³/mol. The first-order chi connectivity index (χ1) is 12.9. The minimum absolute atomic E-state index is 0.0739. The molecule has 1 heterocycles. The molecule has 0 aliphatic heterocycles. The van der Waals surface area contributed by atoms with Gasteiger partial charge < -0.3 is 15.2 Å². The Kier molecular flexibility index (Phi) is 7.84. The van der Waals surface area contributed by atoms with Crippen LogP contribution in [0.4, 0.5) is 0 Å². The summed E-state index contributed by atoms with van der Waals surface area (Å²) in [6, 6.07) is 11.1. The van der Waals surface area contributed by atoms with Gasteiger partial charge in [-0.05, 0) is 17.9 Å². The van der Waals surface area contributed by atoms with Gasteiger partial charge >= 0.3 is 0 Å². The molecule has 0 aliphatic rings. The monoisotopic (exact) mass is 392 g/mol. The minimum Gasteiger partial charge on any atom is -0.359 e. The first-order valence-electron chi connectivity index (χ1n) is 9.04. The molecule has 0 radical (unpaired) electrons. The third kappa shape index (κ3) is 7.42. The van der Waals surface area contributed by atoms with Gasteiger partial charge in [-0.2, -0.15) is 0 Å². The van der Waals surface area contributed by atoms with Crippen LogP contribution in [0.2, 0.25) is 0 Å². The highest BCUT2D eigenvalue weighted by molar-refractivity contribution is 7.90. The normalized spacial score (nSPS) is 12.4. The van der Waals surface area contributed by atoms with Gasteiger partial charge in [0.15, 0.2) is 21.6 Å². The van der Waals surface area contributed by atoms with Crippen molar-refractivity contribution < 1.29 is 12.9 Å². The maximum atomic E-state index is 12.2. The number of hydrogen-bond donors (Lipinski definition) is 2. The second-order valence-corrected chi connectivity index (χ2v) is 8.84. The molecule has 2 rings (SSSR count). The van der Waals surface area contributed by atoms with E-state index in [9.17, 15) is 8.42 Å². The van der Waals surface area contributed by atoms with E-state index < -0.39 is 9.84 Å². The van der Waals surface area contributed by atoms with Crippen LogP contribution in [0.3, 0.4) is 0 Å². The van der Waals surface area contributed by atoms with Gasteiger partial charge in [-0.1, -0.05) is 49.3 Å². The number of nitrogens with zero attached hydrogens (tertiary/aromatic N) is 2. The Balaban J connectivity index is 1.71. The number of nitrogens with one attached hydrogen (secondary N) is 2. The molecule has 2 aromatic rings. The lowest BCUT2D eigenvalue weighted by Crippen LogP contribution is -2.37. The molecule has 0 spiro atoms. The third-order valence-corrected chi connectivity index (χ3v) is 5.66. The number of aliphatic imine (C=N–C) groups is 1. The maximum Gasteiger partial charge on any atom is 0.191 e. The topological polar surface area (TPSA) is 96.6 Å². The summed E-state index contributed by atoms with van der Waals surface area (Å²) in [7, 11) is -1.46. The fourth-order valence-corrected chi connectivity index (χ4v) is 3.90. The number of rotatable bonds is 9. The molecule has 8 heteroatoms. The largest absolute Gasteiger partial charge is 0.359 e. The van der Waals surface area contributed by atoms with Crippen molar-refractivity contribution >= 4 is 15.8 Å². The van der Waals surface area contributed by atoms with E-state index in [0.717, 1.165) is 17.0 Å². The first kappa shape index (κ1) is 21.0. The van der Waals surface area contributed by atoms with Gasteiger partial charge in [0.2, 0.25) is 0 Å². The van der Waals surface area contributed by atoms with E-state index in [1.54, 1.807) is 7.05 Å². The van der Waals surface area contributed by atoms with Crippen LogP contribution >= 0.6 is 0 Å². The average molecular weight is 393 g/mol. The van der Waals surface area contributed by atoms with E-state index in [-0.39, 0.29) is 11.5 Å². The van der Waals surface area contributed by atoms with Crippen LogP contribution in [0, 0.1) is 0 Å². The Morgan fingerprint density at radius 1 is 1.22 bits per heavy atom. The molecule has 2 N–H and O–H groups in total. The van der Waals surface area contributed by atoms with Gasteiger partial charge in [0.1, 0.15) is 0 Å². The lowest BCUT2D eigenvalue weighted by atomic mass is 10.1. The van der Waals surface area contributed by atoms with Crippen LogP contribution in [0.1, 0.15) is 43.2 Å². The second-order valence-electron chi connectivity index (χ2n) is 6.66. The van der Waals surface area contributed by atoms with Gasteiger partial charge in [0.25, 0.3) is 0 Å². The highest BCUT2D eigenvalue weighted by Gasteiger charge is 2.12. The Hall–Kier alpha value is -2.35. The highest BCUT2D eigenvalue weighted by Crippen LogP contribution is 2.13. The van der Waals surface area contributed by atoms with E-state index in [1.165, 1.54) is 0 Å². The molecule has 0 saturated carbocycles. The summed E-state index contributed by atoms with van der Waals surface area (Å²) in [5.41, 5.74) is 1.73. The van der Waals surface area contributed by atoms with Gasteiger partial charge in [-0.15, -0.1) is 0 Å². The maximum absolute atomic E-state index is 12.2. The van der Waals surface area contributed by atoms with Crippen LogP contribution in [0.5, 0.6) is 0 Å². The summed E-state index contributed by atoms with van der Waals surface area (Å²) < 4.78 is 29.7. The van der Waals surface area contributed by atoms with Crippen LogP contribution in [-0.4, -0.2) is 38.9 Å². The van der Waals surface area contributed by atoms with Crippen molar-refractivity contribution in [1.82, 2.24) is 15.8 Å². The Labute approximate surface area is 161 Å². The molecular weight excluding hydrogens is 364 g/mol. The van der Waals surface area contributed by atoms with E-state index in [2.05, 4.69) is 34.6 Å². The van der Waals surface area contributed by atoms with Crippen LogP contribution in [0.15, 0.2) is 45.9 Å². The molecule has 0 bridgehead atoms. The summed E-state index contributed by atoms with van der Waals surface area (Å²) in [6.45, 7) is 5.09. The fraction of sp³-hybridized carbons (Fsp3) is 0.474. The SMILES string of the molecule is CN=C(NCCCS(=O)(=O)Cc1ccccc1)NCc1cc(C(C)C)no1. The Bertz CT molecular complexity index is 830. The molecule has 0 aliphatic carbocycles. The summed E-state index contributed by atoms with van der Waals surface area (Å²) in [5.74, 6) is 1.85. The van der Waals surface area contributed by atoms with Crippen LogP contribution < -0.4 is 10.6 Å². The van der Waals surface area contributed by atoms with Crippen molar-refractivity contribution in [3.05, 3.63) is 53.4 Å². The lowest BCUT2D eigenvalue weighted by Gasteiger charge is -2.11. The third-order valence-electron chi connectivity index (χ3n) is 3.98. The van der Waals surface area contributed by atoms with Crippen molar-refractivity contribution in [2.45, 2.75) is 38.5 Å². The smallest absolute Gasteiger partial charge is 0.191 e. The van der Waals surface area contributed by atoms with Crippen molar-refractivity contribution in [3.8, 4) is 0 Å². The highest BCUT2D eigenvalue weighted by atomic mass is 32.2. The van der Waals surface area contributed by atoms with E-state index in [4.69, 9.17) is 4.52 Å². The Morgan fingerprint density at radius 3 is 2.59 bits per heavy atom. The second kappa shape index (κ2) is 10.1. The molecule has 1 aromatic heterocycles. The molecule has 0 amide bonds. The first-order valence-corrected chi connectivity index (χ1v) is 10.9. The number of benzene rings is 1. The summed E-state index contributed by atoms with van der Waals surface area (Å²) in [6.07, 6.45) is 0.510. The summed E-state index contributed by atoms with van der Waals surface area (Å²) >= 11 is 0. The fourth-order valence-electron chi connectivity index (χ4n) is 2.48. The quantitative estimate of drug-likeness (QED) is 0.387. The molecule has 148 valence electrons. The van der Waals surface area contributed by atoms with E-state index in [1.807, 2.05) is 36.4 Å². The summed E-state index contributed by atoms with van der Waals surface area (Å²) in [4.78, 5) is 4.13. The van der Waals surface area contributed by atoms with Crippen molar-refractivity contribution in [1.29, 1.82) is 0 Å². The van der Waals surface area contributed by atoms with Crippen LogP contribution in [-0.2, 0) is 22.1 Å². The van der Waals surface area contributed by atoms with Crippen molar-refractivity contribution in [3.63, 3.8) is 0 Å². The van der Waals surface area contributed by atoms with Gasteiger partial charge in [-0.3, -0.25) is 4.99 Å². The molecular formula is C19H28N4O3S. The summed E-state index contributed by atoms with van der Waals surface area (Å²) in [5, 5.41) is 10.3.